The van der Waals surface area contributed by atoms with Crippen molar-refractivity contribution in [3.8, 4) is 11.5 Å². The largest absolute Gasteiger partial charge is 0.493 e. The van der Waals surface area contributed by atoms with Crippen molar-refractivity contribution in [3.05, 3.63) is 23.3 Å². The van der Waals surface area contributed by atoms with Gasteiger partial charge in [-0.2, -0.15) is 0 Å². The number of hydrogen-bond donors (Lipinski definition) is 2. The molecule has 7 nitrogen and oxygen atoms in total. The van der Waals surface area contributed by atoms with Crippen LogP contribution in [0.15, 0.2) is 12.1 Å². The molecule has 1 aromatic rings. The lowest BCUT2D eigenvalue weighted by Crippen LogP contribution is -2.49. The van der Waals surface area contributed by atoms with Gasteiger partial charge in [-0.3, -0.25) is 4.79 Å². The molecule has 0 fully saturated rings. The summed E-state index contributed by atoms with van der Waals surface area (Å²) in [5.41, 5.74) is 2.08. The first kappa shape index (κ1) is 19.9. The first-order valence-corrected chi connectivity index (χ1v) is 8.99. The van der Waals surface area contributed by atoms with Crippen LogP contribution in [0.4, 0.5) is 4.79 Å². The molecule has 1 aliphatic rings. The smallest absolute Gasteiger partial charge is 0.317 e. The average molecular weight is 363 g/mol. The number of rotatable bonds is 6. The van der Waals surface area contributed by atoms with Gasteiger partial charge in [-0.05, 0) is 36.6 Å². The molecular formula is C19H29N3O4. The maximum absolute atomic E-state index is 12.5. The highest BCUT2D eigenvalue weighted by Crippen LogP contribution is 2.37. The lowest BCUT2D eigenvalue weighted by molar-refractivity contribution is -0.124. The number of methoxy groups -OCH3 is 2. The van der Waals surface area contributed by atoms with Crippen LogP contribution in [0.3, 0.4) is 0 Å². The monoisotopic (exact) mass is 363 g/mol. The van der Waals surface area contributed by atoms with E-state index in [0.29, 0.717) is 31.1 Å². The summed E-state index contributed by atoms with van der Waals surface area (Å²) in [5.74, 6) is 1.14. The molecule has 0 aliphatic carbocycles. The number of urea groups is 1. The van der Waals surface area contributed by atoms with Crippen molar-refractivity contribution in [2.45, 2.75) is 33.2 Å². The van der Waals surface area contributed by atoms with Gasteiger partial charge in [-0.25, -0.2) is 4.79 Å². The van der Waals surface area contributed by atoms with Crippen LogP contribution in [0.25, 0.3) is 0 Å². The molecule has 1 atom stereocenters. The molecule has 0 aromatic heterocycles. The van der Waals surface area contributed by atoms with Crippen LogP contribution in [0, 0.1) is 5.92 Å². The fourth-order valence-corrected chi connectivity index (χ4v) is 3.15. The number of ether oxygens (including phenoxy) is 2. The zero-order valence-electron chi connectivity index (χ0n) is 16.2. The fourth-order valence-electron chi connectivity index (χ4n) is 3.15. The van der Waals surface area contributed by atoms with E-state index in [4.69, 9.17) is 9.47 Å². The maximum atomic E-state index is 12.5. The molecule has 0 unspecified atom stereocenters. The number of benzene rings is 1. The summed E-state index contributed by atoms with van der Waals surface area (Å²) in [5, 5.41) is 5.81. The van der Waals surface area contributed by atoms with Gasteiger partial charge in [0.05, 0.1) is 20.3 Å². The van der Waals surface area contributed by atoms with Crippen LogP contribution in [0.5, 0.6) is 11.5 Å². The van der Waals surface area contributed by atoms with E-state index < -0.39 is 0 Å². The third kappa shape index (κ3) is 4.20. The number of carbonyl (C=O) groups is 2. The molecule has 2 N–H and O–H groups in total. The van der Waals surface area contributed by atoms with Crippen molar-refractivity contribution < 1.29 is 19.1 Å². The molecule has 1 aromatic carbocycles. The van der Waals surface area contributed by atoms with Gasteiger partial charge in [-0.1, -0.05) is 13.8 Å². The van der Waals surface area contributed by atoms with Crippen molar-refractivity contribution in [1.82, 2.24) is 15.5 Å². The predicted molar refractivity (Wildman–Crippen MR) is 99.6 cm³/mol. The van der Waals surface area contributed by atoms with E-state index in [9.17, 15) is 9.59 Å². The van der Waals surface area contributed by atoms with Crippen molar-refractivity contribution in [3.63, 3.8) is 0 Å². The zero-order valence-corrected chi connectivity index (χ0v) is 16.2. The first-order chi connectivity index (χ1) is 12.4. The Morgan fingerprint density at radius 2 is 1.85 bits per heavy atom. The number of nitrogens with one attached hydrogen (secondary N) is 2. The summed E-state index contributed by atoms with van der Waals surface area (Å²) in [6.45, 7) is 7.07. The summed E-state index contributed by atoms with van der Waals surface area (Å²) in [6, 6.07) is 3.48. The Kier molecular flexibility index (Phi) is 6.71. The van der Waals surface area contributed by atoms with Crippen LogP contribution in [-0.2, 0) is 11.2 Å². The van der Waals surface area contributed by atoms with Gasteiger partial charge in [0.15, 0.2) is 11.5 Å². The molecule has 0 bridgehead atoms. The normalized spacial score (nSPS) is 16.1. The van der Waals surface area contributed by atoms with Gasteiger partial charge in [0, 0.05) is 25.6 Å². The van der Waals surface area contributed by atoms with Gasteiger partial charge in [-0.15, -0.1) is 0 Å². The van der Waals surface area contributed by atoms with E-state index in [1.807, 2.05) is 32.9 Å². The molecule has 144 valence electrons. The van der Waals surface area contributed by atoms with E-state index in [1.54, 1.807) is 19.1 Å². The Morgan fingerprint density at radius 1 is 1.19 bits per heavy atom. The molecule has 0 saturated heterocycles. The molecule has 1 heterocycles. The molecular weight excluding hydrogens is 334 g/mol. The molecule has 0 radical (unpaired) electrons. The minimum atomic E-state index is -0.257. The molecule has 0 spiro atoms. The third-order valence-corrected chi connectivity index (χ3v) is 4.59. The number of fused-ring (bicyclic) bond motifs is 1. The lowest BCUT2D eigenvalue weighted by atomic mass is 9.91. The van der Waals surface area contributed by atoms with Gasteiger partial charge < -0.3 is 25.0 Å². The van der Waals surface area contributed by atoms with Crippen LogP contribution >= 0.6 is 0 Å². The Morgan fingerprint density at radius 3 is 2.42 bits per heavy atom. The van der Waals surface area contributed by atoms with Crippen LogP contribution in [-0.4, -0.2) is 50.7 Å². The molecule has 0 saturated carbocycles. The van der Waals surface area contributed by atoms with Crippen molar-refractivity contribution in [1.29, 1.82) is 0 Å². The highest BCUT2D eigenvalue weighted by atomic mass is 16.5. The highest BCUT2D eigenvalue weighted by Gasteiger charge is 2.32. The summed E-state index contributed by atoms with van der Waals surface area (Å²) >= 11 is 0. The van der Waals surface area contributed by atoms with E-state index in [1.165, 1.54) is 0 Å². The van der Waals surface area contributed by atoms with Gasteiger partial charge in [0.25, 0.3) is 0 Å². The quantitative estimate of drug-likeness (QED) is 0.811. The van der Waals surface area contributed by atoms with Crippen molar-refractivity contribution in [2.24, 2.45) is 5.92 Å². The molecule has 1 aliphatic heterocycles. The number of hydrogen-bond acceptors (Lipinski definition) is 4. The maximum Gasteiger partial charge on any atom is 0.317 e. The summed E-state index contributed by atoms with van der Waals surface area (Å²) in [4.78, 5) is 26.3. The topological polar surface area (TPSA) is 79.9 Å². The summed E-state index contributed by atoms with van der Waals surface area (Å²) in [6.07, 6.45) is 0.724. The first-order valence-electron chi connectivity index (χ1n) is 8.99. The SMILES string of the molecule is CCNC(=O)N1CCc2cc(OC)c(OC)cc2[C@H]1CNC(=O)C(C)C. The minimum absolute atomic E-state index is 0.0338. The number of carbonyl (C=O) groups excluding carboxylic acids is 2. The second-order valence-corrected chi connectivity index (χ2v) is 6.60. The second kappa shape index (κ2) is 8.78. The van der Waals surface area contributed by atoms with E-state index in [0.717, 1.165) is 17.5 Å². The predicted octanol–water partition coefficient (Wildman–Crippen LogP) is 2.10. The van der Waals surface area contributed by atoms with Gasteiger partial charge in [0.1, 0.15) is 0 Å². The van der Waals surface area contributed by atoms with Crippen LogP contribution < -0.4 is 20.1 Å². The van der Waals surface area contributed by atoms with Gasteiger partial charge in [0.2, 0.25) is 5.91 Å². The third-order valence-electron chi connectivity index (χ3n) is 4.59. The Bertz CT molecular complexity index is 660. The van der Waals surface area contributed by atoms with Crippen molar-refractivity contribution >= 4 is 11.9 Å². The Balaban J connectivity index is 2.38. The molecule has 2 rings (SSSR count). The highest BCUT2D eigenvalue weighted by molar-refractivity contribution is 5.78. The zero-order chi connectivity index (χ0) is 19.3. The molecule has 3 amide bonds. The Hall–Kier alpha value is -2.44. The Labute approximate surface area is 155 Å². The molecule has 7 heteroatoms. The molecule has 26 heavy (non-hydrogen) atoms. The second-order valence-electron chi connectivity index (χ2n) is 6.60. The fraction of sp³-hybridized carbons (Fsp3) is 0.579. The van der Waals surface area contributed by atoms with E-state index in [-0.39, 0.29) is 23.9 Å². The van der Waals surface area contributed by atoms with Crippen LogP contribution in [0.1, 0.15) is 37.9 Å². The average Bonchev–Trinajstić information content (AvgIpc) is 2.64. The lowest BCUT2D eigenvalue weighted by Gasteiger charge is -2.38. The number of amides is 3. The number of nitrogens with zero attached hydrogens (tertiary/aromatic N) is 1. The van der Waals surface area contributed by atoms with Crippen molar-refractivity contribution in [2.75, 3.05) is 33.9 Å². The van der Waals surface area contributed by atoms with Crippen LogP contribution in [0.2, 0.25) is 0 Å². The van der Waals surface area contributed by atoms with E-state index >= 15 is 0 Å². The summed E-state index contributed by atoms with van der Waals surface area (Å²) < 4.78 is 10.8. The minimum Gasteiger partial charge on any atom is -0.493 e. The van der Waals surface area contributed by atoms with E-state index in [2.05, 4.69) is 10.6 Å². The standard InChI is InChI=1S/C19H29N3O4/c1-6-20-19(24)22-8-7-13-9-16(25-4)17(26-5)10-14(13)15(22)11-21-18(23)12(2)3/h9-10,12,15H,6-8,11H2,1-5H3,(H,20,24)(H,21,23)/t15-/m1/s1. The summed E-state index contributed by atoms with van der Waals surface area (Å²) in [7, 11) is 3.19. The van der Waals surface area contributed by atoms with Gasteiger partial charge >= 0.3 is 6.03 Å².